The van der Waals surface area contributed by atoms with Crippen LogP contribution in [0.4, 0.5) is 4.39 Å². The molecule has 18 heavy (non-hydrogen) atoms. The molecule has 2 nitrogen and oxygen atoms in total. The SMILES string of the molecule is CCCCCCCCCCCC(F)OC(O)CC. The largest absolute Gasteiger partial charge is 0.368 e. The second-order valence-electron chi connectivity index (χ2n) is 5.03. The van der Waals surface area contributed by atoms with Crippen LogP contribution in [-0.2, 0) is 4.74 Å². The van der Waals surface area contributed by atoms with Gasteiger partial charge in [0.1, 0.15) is 0 Å². The number of halogens is 1. The van der Waals surface area contributed by atoms with Crippen LogP contribution < -0.4 is 0 Å². The molecule has 0 rings (SSSR count). The van der Waals surface area contributed by atoms with Gasteiger partial charge in [0.05, 0.1) is 0 Å². The summed E-state index contributed by atoms with van der Waals surface area (Å²) in [6, 6.07) is 0. The first-order chi connectivity index (χ1) is 8.70. The Morgan fingerprint density at radius 3 is 1.89 bits per heavy atom. The normalized spacial score (nSPS) is 14.7. The van der Waals surface area contributed by atoms with Crippen LogP contribution in [0.15, 0.2) is 0 Å². The highest BCUT2D eigenvalue weighted by Gasteiger charge is 2.10. The van der Waals surface area contributed by atoms with Crippen molar-refractivity contribution in [3.8, 4) is 0 Å². The Balaban J connectivity index is 3.15. The van der Waals surface area contributed by atoms with Gasteiger partial charge in [0.15, 0.2) is 6.29 Å². The van der Waals surface area contributed by atoms with Crippen molar-refractivity contribution < 1.29 is 14.2 Å². The van der Waals surface area contributed by atoms with E-state index in [1.165, 1.54) is 44.9 Å². The summed E-state index contributed by atoms with van der Waals surface area (Å²) in [5, 5.41) is 9.11. The van der Waals surface area contributed by atoms with Crippen molar-refractivity contribution in [3.05, 3.63) is 0 Å². The van der Waals surface area contributed by atoms with E-state index in [1.54, 1.807) is 6.92 Å². The van der Waals surface area contributed by atoms with Crippen LogP contribution in [0.1, 0.15) is 84.5 Å². The minimum atomic E-state index is -1.30. The van der Waals surface area contributed by atoms with E-state index >= 15 is 0 Å². The first kappa shape index (κ1) is 17.8. The van der Waals surface area contributed by atoms with Crippen molar-refractivity contribution >= 4 is 0 Å². The van der Waals surface area contributed by atoms with Crippen molar-refractivity contribution in [1.82, 2.24) is 0 Å². The Morgan fingerprint density at radius 1 is 0.889 bits per heavy atom. The molecule has 0 saturated heterocycles. The summed E-state index contributed by atoms with van der Waals surface area (Å²) < 4.78 is 17.9. The average Bonchev–Trinajstić information content (AvgIpc) is 2.36. The number of rotatable bonds is 13. The lowest BCUT2D eigenvalue weighted by molar-refractivity contribution is -0.180. The molecule has 3 heteroatoms. The smallest absolute Gasteiger partial charge is 0.201 e. The minimum absolute atomic E-state index is 0.410. The zero-order chi connectivity index (χ0) is 13.6. The molecule has 0 aliphatic rings. The van der Waals surface area contributed by atoms with E-state index in [9.17, 15) is 4.39 Å². The Labute approximate surface area is 112 Å². The molecule has 0 aliphatic carbocycles. The number of aliphatic hydroxyl groups is 1. The maximum atomic E-state index is 13.2. The van der Waals surface area contributed by atoms with Crippen LogP contribution in [0.5, 0.6) is 0 Å². The topological polar surface area (TPSA) is 29.5 Å². The van der Waals surface area contributed by atoms with Gasteiger partial charge >= 0.3 is 0 Å². The summed E-state index contributed by atoms with van der Waals surface area (Å²) >= 11 is 0. The van der Waals surface area contributed by atoms with E-state index in [0.717, 1.165) is 12.8 Å². The van der Waals surface area contributed by atoms with E-state index in [0.29, 0.717) is 12.8 Å². The van der Waals surface area contributed by atoms with E-state index in [2.05, 4.69) is 6.92 Å². The molecule has 0 heterocycles. The number of hydrogen-bond acceptors (Lipinski definition) is 2. The third-order valence-electron chi connectivity index (χ3n) is 3.19. The molecule has 110 valence electrons. The fraction of sp³-hybridized carbons (Fsp3) is 1.00. The molecule has 0 amide bonds. The van der Waals surface area contributed by atoms with Crippen LogP contribution in [-0.4, -0.2) is 17.8 Å². The lowest BCUT2D eigenvalue weighted by atomic mass is 10.1. The Bertz CT molecular complexity index is 165. The molecule has 2 atom stereocenters. The van der Waals surface area contributed by atoms with Crippen molar-refractivity contribution in [3.63, 3.8) is 0 Å². The number of alkyl halides is 1. The average molecular weight is 262 g/mol. The van der Waals surface area contributed by atoms with Crippen molar-refractivity contribution in [2.24, 2.45) is 0 Å². The highest BCUT2D eigenvalue weighted by molar-refractivity contribution is 4.50. The first-order valence-electron chi connectivity index (χ1n) is 7.68. The van der Waals surface area contributed by atoms with Gasteiger partial charge in [-0.15, -0.1) is 0 Å². The molecule has 1 N–H and O–H groups in total. The second-order valence-corrected chi connectivity index (χ2v) is 5.03. The number of aliphatic hydroxyl groups excluding tert-OH is 1. The van der Waals surface area contributed by atoms with Gasteiger partial charge in [0.2, 0.25) is 6.36 Å². The molecule has 2 unspecified atom stereocenters. The van der Waals surface area contributed by atoms with E-state index in [1.807, 2.05) is 0 Å². The Morgan fingerprint density at radius 2 is 1.39 bits per heavy atom. The molecular formula is C15H31FO2. The van der Waals surface area contributed by atoms with Crippen molar-refractivity contribution in [2.75, 3.05) is 0 Å². The fourth-order valence-electron chi connectivity index (χ4n) is 1.95. The van der Waals surface area contributed by atoms with Crippen LogP contribution in [0.3, 0.4) is 0 Å². The number of hydrogen-bond donors (Lipinski definition) is 1. The first-order valence-corrected chi connectivity index (χ1v) is 7.68. The third kappa shape index (κ3) is 12.3. The summed E-state index contributed by atoms with van der Waals surface area (Å²) in [7, 11) is 0. The number of ether oxygens (including phenoxy) is 1. The molecule has 0 radical (unpaired) electrons. The summed E-state index contributed by atoms with van der Waals surface area (Å²) in [6.07, 6.45) is 9.62. The van der Waals surface area contributed by atoms with Gasteiger partial charge in [-0.05, 0) is 12.8 Å². The zero-order valence-corrected chi connectivity index (χ0v) is 12.2. The van der Waals surface area contributed by atoms with Gasteiger partial charge in [-0.25, -0.2) is 4.39 Å². The zero-order valence-electron chi connectivity index (χ0n) is 12.2. The highest BCUT2D eigenvalue weighted by atomic mass is 19.1. The maximum absolute atomic E-state index is 13.2. The summed E-state index contributed by atoms with van der Waals surface area (Å²) in [6.45, 7) is 4.00. The quantitative estimate of drug-likeness (QED) is 0.376. The van der Waals surface area contributed by atoms with Gasteiger partial charge in [0, 0.05) is 6.42 Å². The summed E-state index contributed by atoms with van der Waals surface area (Å²) in [5.41, 5.74) is 0. The van der Waals surface area contributed by atoms with Crippen molar-refractivity contribution in [1.29, 1.82) is 0 Å². The highest BCUT2D eigenvalue weighted by Crippen LogP contribution is 2.13. The summed E-state index contributed by atoms with van der Waals surface area (Å²) in [5.74, 6) is 0. The molecule has 0 bridgehead atoms. The van der Waals surface area contributed by atoms with E-state index < -0.39 is 12.6 Å². The van der Waals surface area contributed by atoms with Gasteiger partial charge < -0.3 is 9.84 Å². The molecule has 0 aliphatic heterocycles. The van der Waals surface area contributed by atoms with Crippen LogP contribution in [0.2, 0.25) is 0 Å². The molecule has 0 aromatic carbocycles. The monoisotopic (exact) mass is 262 g/mol. The molecular weight excluding hydrogens is 231 g/mol. The van der Waals surface area contributed by atoms with Crippen LogP contribution in [0.25, 0.3) is 0 Å². The molecule has 0 aromatic rings. The van der Waals surface area contributed by atoms with Gasteiger partial charge in [0.25, 0.3) is 0 Å². The predicted octanol–water partition coefficient (Wildman–Crippen LogP) is 4.95. The maximum Gasteiger partial charge on any atom is 0.201 e. The fourth-order valence-corrected chi connectivity index (χ4v) is 1.95. The lowest BCUT2D eigenvalue weighted by Crippen LogP contribution is -2.17. The lowest BCUT2D eigenvalue weighted by Gasteiger charge is -2.13. The molecule has 0 spiro atoms. The van der Waals surface area contributed by atoms with Crippen molar-refractivity contribution in [2.45, 2.75) is 97.1 Å². The number of unbranched alkanes of at least 4 members (excludes halogenated alkanes) is 8. The van der Waals surface area contributed by atoms with Crippen LogP contribution >= 0.6 is 0 Å². The van der Waals surface area contributed by atoms with Gasteiger partial charge in [-0.2, -0.15) is 0 Å². The second kappa shape index (κ2) is 13.3. The third-order valence-corrected chi connectivity index (χ3v) is 3.19. The molecule has 0 fully saturated rings. The molecule has 0 saturated carbocycles. The standard InChI is InChI=1S/C15H31FO2/c1-3-5-6-7-8-9-10-11-12-13-14(16)18-15(17)4-2/h14-15,17H,3-13H2,1-2H3. The van der Waals surface area contributed by atoms with Gasteiger partial charge in [-0.1, -0.05) is 65.2 Å². The van der Waals surface area contributed by atoms with E-state index in [-0.39, 0.29) is 0 Å². The van der Waals surface area contributed by atoms with Crippen LogP contribution in [0, 0.1) is 0 Å². The Kier molecular flexibility index (Phi) is 13.2. The van der Waals surface area contributed by atoms with Gasteiger partial charge in [-0.3, -0.25) is 0 Å². The molecule has 0 aromatic heterocycles. The predicted molar refractivity (Wildman–Crippen MR) is 74.1 cm³/mol. The summed E-state index contributed by atoms with van der Waals surface area (Å²) in [4.78, 5) is 0. The van der Waals surface area contributed by atoms with E-state index in [4.69, 9.17) is 9.84 Å². The Hall–Kier alpha value is -0.150. The minimum Gasteiger partial charge on any atom is -0.368 e.